The minimum Gasteiger partial charge on any atom is -0.355 e. The molecule has 0 aliphatic heterocycles. The predicted molar refractivity (Wildman–Crippen MR) is 73.1 cm³/mol. The molecule has 0 unspecified atom stereocenters. The van der Waals surface area contributed by atoms with E-state index in [2.05, 4.69) is 5.32 Å². The van der Waals surface area contributed by atoms with Gasteiger partial charge in [-0.1, -0.05) is 44.2 Å². The van der Waals surface area contributed by atoms with Crippen LogP contribution in [0.4, 0.5) is 0 Å². The largest absolute Gasteiger partial charge is 0.355 e. The van der Waals surface area contributed by atoms with Crippen LogP contribution in [0.25, 0.3) is 0 Å². The fourth-order valence-corrected chi connectivity index (χ4v) is 1.34. The monoisotopic (exact) mass is 242 g/mol. The zero-order valence-corrected chi connectivity index (χ0v) is 10.7. The van der Waals surface area contributed by atoms with E-state index in [1.165, 1.54) is 0 Å². The Bertz CT molecular complexity index is 311. The van der Waals surface area contributed by atoms with Crippen molar-refractivity contribution in [3.63, 3.8) is 0 Å². The highest BCUT2D eigenvalue weighted by Gasteiger charge is 2.16. The van der Waals surface area contributed by atoms with Crippen LogP contribution < -0.4 is 10.8 Å². The molecule has 3 N–H and O–H groups in total. The first-order valence-corrected chi connectivity index (χ1v) is 5.99. The fourth-order valence-electron chi connectivity index (χ4n) is 1.34. The number of rotatable bonds is 5. The number of carbonyl (C=O) groups excluding carboxylic acids is 1. The second-order valence-electron chi connectivity index (χ2n) is 3.27. The predicted octanol–water partition coefficient (Wildman–Crippen LogP) is 2.23. The molecular formula is C13H26N2O2. The van der Waals surface area contributed by atoms with Crippen molar-refractivity contribution < 1.29 is 12.9 Å². The first-order valence-electron chi connectivity index (χ1n) is 5.99. The van der Waals surface area contributed by atoms with Crippen LogP contribution in [0.5, 0.6) is 0 Å². The van der Waals surface area contributed by atoms with Gasteiger partial charge >= 0.3 is 0 Å². The molecule has 4 heteroatoms. The van der Waals surface area contributed by atoms with Crippen LogP contribution in [0.1, 0.15) is 29.2 Å². The third-order valence-corrected chi connectivity index (χ3v) is 2.11. The van der Waals surface area contributed by atoms with E-state index in [1.807, 2.05) is 56.6 Å². The number of benzene rings is 1. The van der Waals surface area contributed by atoms with E-state index in [-0.39, 0.29) is 8.76 Å². The van der Waals surface area contributed by atoms with Gasteiger partial charge in [0.1, 0.15) is 6.04 Å². The van der Waals surface area contributed by atoms with Crippen LogP contribution in [-0.2, 0) is 11.2 Å². The molecule has 4 nitrogen and oxygen atoms in total. The van der Waals surface area contributed by atoms with Crippen LogP contribution in [0.3, 0.4) is 0 Å². The summed E-state index contributed by atoms with van der Waals surface area (Å²) in [6, 6.07) is 8.97. The summed E-state index contributed by atoms with van der Waals surface area (Å²) in [6.07, 6.45) is 0.475. The third-order valence-electron chi connectivity index (χ3n) is 2.11. The molecule has 1 aromatic carbocycles. The van der Waals surface area contributed by atoms with Gasteiger partial charge in [-0.3, -0.25) is 4.79 Å². The maximum atomic E-state index is 11.4. The Morgan fingerprint density at radius 1 is 1.35 bits per heavy atom. The summed E-state index contributed by atoms with van der Waals surface area (Å²) in [5, 5.41) is 11.5. The summed E-state index contributed by atoms with van der Waals surface area (Å²) in [4.78, 5) is 11.4. The summed E-state index contributed by atoms with van der Waals surface area (Å²) < 4.78 is 0. The molecule has 1 atom stereocenters. The van der Waals surface area contributed by atoms with Gasteiger partial charge in [0.25, 0.3) is 0 Å². The third kappa shape index (κ3) is 6.04. The molecule has 0 aliphatic carbocycles. The summed E-state index contributed by atoms with van der Waals surface area (Å²) >= 11 is 0. The lowest BCUT2D eigenvalue weighted by atomic mass is 10.1. The number of amides is 1. The lowest BCUT2D eigenvalue weighted by molar-refractivity contribution is -0.125. The van der Waals surface area contributed by atoms with Crippen molar-refractivity contribution in [3.05, 3.63) is 35.9 Å². The van der Waals surface area contributed by atoms with Gasteiger partial charge in [0.2, 0.25) is 5.91 Å². The van der Waals surface area contributed by atoms with Gasteiger partial charge < -0.3 is 10.5 Å². The van der Waals surface area contributed by atoms with Crippen LogP contribution in [0.2, 0.25) is 0 Å². The molecule has 0 fully saturated rings. The normalized spacial score (nSPS) is 11.1. The van der Waals surface area contributed by atoms with E-state index in [4.69, 9.17) is 5.21 Å². The standard InChI is InChI=1S/C11H16N2O2.C2H6.2H2/c1-2-12-11(14)10(13-15)8-9-6-4-3-5-7-9;1-2;;/h3-7,10,13,15H,2,8H2,1H3,(H,12,14);1-2H3;2*1H/t10-;;;/m1.../s1. The second kappa shape index (κ2) is 9.81. The Labute approximate surface area is 106 Å². The fraction of sp³-hybridized carbons (Fsp3) is 0.462. The van der Waals surface area contributed by atoms with Gasteiger partial charge in [-0.2, -0.15) is 5.48 Å². The van der Waals surface area contributed by atoms with Crippen LogP contribution in [0, 0.1) is 0 Å². The average Bonchev–Trinajstić information content (AvgIpc) is 2.39. The SMILES string of the molecule is CC.CCNC(=O)[C@@H](Cc1ccccc1)NO.[HH].[HH]. The van der Waals surface area contributed by atoms with Crippen LogP contribution in [-0.4, -0.2) is 23.7 Å². The summed E-state index contributed by atoms with van der Waals surface area (Å²) in [5.41, 5.74) is 3.03. The number of hydrogen-bond acceptors (Lipinski definition) is 3. The quantitative estimate of drug-likeness (QED) is 0.694. The maximum Gasteiger partial charge on any atom is 0.239 e. The van der Waals surface area contributed by atoms with Gasteiger partial charge in [-0.15, -0.1) is 0 Å². The Balaban J connectivity index is -0.000000609. The average molecular weight is 242 g/mol. The van der Waals surface area contributed by atoms with Crippen molar-refractivity contribution in [2.75, 3.05) is 6.54 Å². The lowest BCUT2D eigenvalue weighted by Gasteiger charge is -2.14. The molecule has 0 heterocycles. The van der Waals surface area contributed by atoms with Gasteiger partial charge in [-0.05, 0) is 18.9 Å². The Hall–Kier alpha value is -1.39. The second-order valence-corrected chi connectivity index (χ2v) is 3.27. The van der Waals surface area contributed by atoms with E-state index in [0.29, 0.717) is 13.0 Å². The van der Waals surface area contributed by atoms with E-state index >= 15 is 0 Å². The first-order chi connectivity index (χ1) is 8.27. The molecule has 0 spiro atoms. The van der Waals surface area contributed by atoms with E-state index in [9.17, 15) is 4.79 Å². The molecule has 1 rings (SSSR count). The van der Waals surface area contributed by atoms with Crippen molar-refractivity contribution in [2.24, 2.45) is 0 Å². The number of hydroxylamine groups is 1. The van der Waals surface area contributed by atoms with Gasteiger partial charge in [0.15, 0.2) is 0 Å². The van der Waals surface area contributed by atoms with Gasteiger partial charge in [0.05, 0.1) is 0 Å². The van der Waals surface area contributed by atoms with Gasteiger partial charge in [-0.25, -0.2) is 0 Å². The lowest BCUT2D eigenvalue weighted by Crippen LogP contribution is -2.44. The van der Waals surface area contributed by atoms with Crippen molar-refractivity contribution in [1.82, 2.24) is 10.8 Å². The number of nitrogens with one attached hydrogen (secondary N) is 2. The van der Waals surface area contributed by atoms with E-state index in [0.717, 1.165) is 5.56 Å². The molecule has 0 saturated carbocycles. The summed E-state index contributed by atoms with van der Waals surface area (Å²) in [5.74, 6) is -0.191. The molecule has 0 aliphatic rings. The molecule has 0 bridgehead atoms. The van der Waals surface area contributed by atoms with E-state index in [1.54, 1.807) is 0 Å². The molecule has 100 valence electrons. The minimum absolute atomic E-state index is 0. The highest BCUT2D eigenvalue weighted by molar-refractivity contribution is 5.81. The summed E-state index contributed by atoms with van der Waals surface area (Å²) in [6.45, 7) is 6.40. The van der Waals surface area contributed by atoms with E-state index < -0.39 is 6.04 Å². The number of carbonyl (C=O) groups is 1. The Morgan fingerprint density at radius 3 is 2.41 bits per heavy atom. The zero-order valence-electron chi connectivity index (χ0n) is 10.7. The molecule has 0 radical (unpaired) electrons. The van der Waals surface area contributed by atoms with Crippen molar-refractivity contribution in [1.29, 1.82) is 0 Å². The zero-order chi connectivity index (χ0) is 13.1. The molecule has 0 saturated heterocycles. The maximum absolute atomic E-state index is 11.4. The number of hydrogen-bond donors (Lipinski definition) is 3. The van der Waals surface area contributed by atoms with Crippen molar-refractivity contribution in [3.8, 4) is 0 Å². The topological polar surface area (TPSA) is 61.4 Å². The molecule has 17 heavy (non-hydrogen) atoms. The number of likely N-dealkylation sites (N-methyl/N-ethyl adjacent to an activating group) is 1. The molecule has 0 aromatic heterocycles. The molecule has 1 aromatic rings. The minimum atomic E-state index is -0.590. The molecule has 1 amide bonds. The van der Waals surface area contributed by atoms with Crippen molar-refractivity contribution >= 4 is 5.91 Å². The highest BCUT2D eigenvalue weighted by Crippen LogP contribution is 2.02. The summed E-state index contributed by atoms with van der Waals surface area (Å²) in [7, 11) is 0. The first kappa shape index (κ1) is 15.6. The highest BCUT2D eigenvalue weighted by atomic mass is 16.5. The van der Waals surface area contributed by atoms with Crippen LogP contribution >= 0.6 is 0 Å². The smallest absolute Gasteiger partial charge is 0.239 e. The Kier molecular flexibility index (Phi) is 9.01. The van der Waals surface area contributed by atoms with Crippen molar-refractivity contribution in [2.45, 2.75) is 33.2 Å². The van der Waals surface area contributed by atoms with Crippen LogP contribution in [0.15, 0.2) is 30.3 Å². The van der Waals surface area contributed by atoms with Gasteiger partial charge in [0, 0.05) is 9.40 Å². The Morgan fingerprint density at radius 2 is 1.94 bits per heavy atom. The molecular weight excluding hydrogens is 216 g/mol.